The molecule has 3 aromatic carbocycles. The molecule has 28 heavy (non-hydrogen) atoms. The number of hydrogen-bond acceptors (Lipinski definition) is 2. The molecule has 5 heteroatoms. The average molecular weight is 399 g/mol. The van der Waals surface area contributed by atoms with Crippen molar-refractivity contribution in [3.05, 3.63) is 91.0 Å². The topological polar surface area (TPSA) is 54.4 Å². The second kappa shape index (κ2) is 10.2. The predicted octanol–water partition coefficient (Wildman–Crippen LogP) is 5.96. The van der Waals surface area contributed by atoms with Crippen molar-refractivity contribution in [1.82, 2.24) is 4.48 Å². The van der Waals surface area contributed by atoms with E-state index < -0.39 is 10.1 Å². The summed E-state index contributed by atoms with van der Waals surface area (Å²) in [5.74, 6) is -0.132. The quantitative estimate of drug-likeness (QED) is 0.412. The Morgan fingerprint density at radius 3 is 1.18 bits per heavy atom. The molecule has 3 rings (SSSR count). The van der Waals surface area contributed by atoms with Crippen LogP contribution in [0.1, 0.15) is 20.3 Å². The third-order valence-corrected chi connectivity index (χ3v) is 5.45. The first-order chi connectivity index (χ1) is 13.4. The molecule has 3 aromatic rings. The Bertz CT molecular complexity index is 831. The highest BCUT2D eigenvalue weighted by Gasteiger charge is 2.33. The first-order valence-corrected chi connectivity index (χ1v) is 11.0. The van der Waals surface area contributed by atoms with Gasteiger partial charge in [0, 0.05) is 0 Å². The summed E-state index contributed by atoms with van der Waals surface area (Å²) in [4.78, 5) is 0. The summed E-state index contributed by atoms with van der Waals surface area (Å²) < 4.78 is 28.3. The molecule has 0 amide bonds. The number of hydrogen-bond donors (Lipinski definition) is 1. The lowest BCUT2D eigenvalue weighted by atomic mass is 10.1. The summed E-state index contributed by atoms with van der Waals surface area (Å²) in [6.07, 6.45) is 0.471. The zero-order valence-corrected chi connectivity index (χ0v) is 17.2. The maximum absolute atomic E-state index is 9.79. The molecule has 0 radical (unpaired) electrons. The van der Waals surface area contributed by atoms with Crippen molar-refractivity contribution < 1.29 is 13.0 Å². The van der Waals surface area contributed by atoms with Crippen LogP contribution in [0, 0.1) is 0 Å². The van der Waals surface area contributed by atoms with Gasteiger partial charge in [-0.15, -0.1) is 0 Å². The SMILES string of the molecule is CCCS(=O)(=O)O.CC[N+](c1ccccc1)(c1ccccc1)c1ccccc1. The number of quaternary nitrogens is 1. The van der Waals surface area contributed by atoms with E-state index >= 15 is 0 Å². The number of para-hydroxylation sites is 3. The molecule has 0 saturated heterocycles. The summed E-state index contributed by atoms with van der Waals surface area (Å²) in [6, 6.07) is 32.2. The zero-order valence-electron chi connectivity index (χ0n) is 16.4. The van der Waals surface area contributed by atoms with E-state index in [9.17, 15) is 8.42 Å². The van der Waals surface area contributed by atoms with Crippen LogP contribution in [-0.2, 0) is 10.1 Å². The van der Waals surface area contributed by atoms with Crippen LogP contribution in [-0.4, -0.2) is 25.3 Å². The first kappa shape index (κ1) is 21.8. The molecule has 1 N–H and O–H groups in total. The van der Waals surface area contributed by atoms with Gasteiger partial charge >= 0.3 is 0 Å². The van der Waals surface area contributed by atoms with E-state index in [1.165, 1.54) is 17.1 Å². The summed E-state index contributed by atoms with van der Waals surface area (Å²) in [6.45, 7) is 4.90. The molecule has 0 aliphatic carbocycles. The monoisotopic (exact) mass is 398 g/mol. The molecule has 0 aromatic heterocycles. The highest BCUT2D eigenvalue weighted by Crippen LogP contribution is 2.42. The van der Waals surface area contributed by atoms with Gasteiger partial charge in [0.15, 0.2) is 0 Å². The molecular formula is C23H28NO3S+. The summed E-state index contributed by atoms with van der Waals surface area (Å²) in [5, 5.41) is 0. The number of nitrogens with zero attached hydrogens (tertiary/aromatic N) is 1. The molecule has 4 nitrogen and oxygen atoms in total. The Labute approximate surface area is 168 Å². The van der Waals surface area contributed by atoms with Crippen LogP contribution >= 0.6 is 0 Å². The maximum Gasteiger partial charge on any atom is 0.264 e. The largest absolute Gasteiger partial charge is 0.286 e. The summed E-state index contributed by atoms with van der Waals surface area (Å²) in [5.41, 5.74) is 3.87. The minimum atomic E-state index is -3.67. The van der Waals surface area contributed by atoms with Gasteiger partial charge < -0.3 is 0 Å². The van der Waals surface area contributed by atoms with Gasteiger partial charge in [-0.05, 0) is 49.7 Å². The van der Waals surface area contributed by atoms with Crippen LogP contribution in [0.25, 0.3) is 0 Å². The molecule has 0 aliphatic heterocycles. The molecule has 148 valence electrons. The van der Waals surface area contributed by atoms with Crippen molar-refractivity contribution in [2.45, 2.75) is 20.3 Å². The van der Waals surface area contributed by atoms with Crippen LogP contribution in [0.15, 0.2) is 91.0 Å². The standard InChI is InChI=1S/C20H20N.C3H8O3S/c1-2-21(18-12-6-3-7-13-18,19-14-8-4-9-15-19)20-16-10-5-11-17-20;1-2-3-7(4,5)6/h3-17H,2H2,1H3;2-3H2,1H3,(H,4,5,6)/q+1;. The van der Waals surface area contributed by atoms with Gasteiger partial charge in [0.2, 0.25) is 0 Å². The lowest BCUT2D eigenvalue weighted by molar-refractivity contribution is 0.482. The molecule has 0 saturated carbocycles. The van der Waals surface area contributed by atoms with Crippen LogP contribution in [0.3, 0.4) is 0 Å². The minimum absolute atomic E-state index is 0.132. The third-order valence-electron chi connectivity index (χ3n) is 4.53. The Hall–Kier alpha value is -2.47. The highest BCUT2D eigenvalue weighted by molar-refractivity contribution is 7.85. The van der Waals surface area contributed by atoms with E-state index in [4.69, 9.17) is 4.55 Å². The minimum Gasteiger partial charge on any atom is -0.286 e. The molecule has 0 atom stereocenters. The van der Waals surface area contributed by atoms with E-state index in [1.54, 1.807) is 6.92 Å². The highest BCUT2D eigenvalue weighted by atomic mass is 32.2. The van der Waals surface area contributed by atoms with Crippen molar-refractivity contribution in [2.75, 3.05) is 12.3 Å². The number of benzene rings is 3. The fraction of sp³-hybridized carbons (Fsp3) is 0.217. The van der Waals surface area contributed by atoms with Crippen LogP contribution in [0.5, 0.6) is 0 Å². The summed E-state index contributed by atoms with van der Waals surface area (Å²) >= 11 is 0. The van der Waals surface area contributed by atoms with E-state index in [0.717, 1.165) is 11.0 Å². The van der Waals surface area contributed by atoms with E-state index in [1.807, 2.05) is 0 Å². The van der Waals surface area contributed by atoms with E-state index in [0.29, 0.717) is 6.42 Å². The summed E-state index contributed by atoms with van der Waals surface area (Å²) in [7, 11) is -3.67. The Balaban J connectivity index is 0.000000345. The molecule has 0 spiro atoms. The average Bonchev–Trinajstić information content (AvgIpc) is 2.71. The first-order valence-electron chi connectivity index (χ1n) is 9.44. The van der Waals surface area contributed by atoms with Gasteiger partial charge in [0.1, 0.15) is 17.1 Å². The second-order valence-electron chi connectivity index (χ2n) is 6.42. The van der Waals surface area contributed by atoms with Gasteiger partial charge in [-0.1, -0.05) is 61.5 Å². The molecule has 0 aliphatic rings. The fourth-order valence-corrected chi connectivity index (χ4v) is 3.82. The van der Waals surface area contributed by atoms with Gasteiger partial charge in [0.05, 0.1) is 12.3 Å². The van der Waals surface area contributed by atoms with Crippen molar-refractivity contribution in [3.63, 3.8) is 0 Å². The van der Waals surface area contributed by atoms with Crippen molar-refractivity contribution in [1.29, 1.82) is 0 Å². The molecule has 0 bridgehead atoms. The van der Waals surface area contributed by atoms with Crippen LogP contribution in [0.4, 0.5) is 17.1 Å². The van der Waals surface area contributed by atoms with Gasteiger partial charge in [-0.3, -0.25) is 4.55 Å². The van der Waals surface area contributed by atoms with Gasteiger partial charge in [0.25, 0.3) is 10.1 Å². The van der Waals surface area contributed by atoms with E-state index in [-0.39, 0.29) is 5.75 Å². The molecule has 0 heterocycles. The normalized spacial score (nSPS) is 11.4. The van der Waals surface area contributed by atoms with Crippen molar-refractivity contribution in [3.8, 4) is 0 Å². The Morgan fingerprint density at radius 2 is 1.00 bits per heavy atom. The van der Waals surface area contributed by atoms with Gasteiger partial charge in [-0.2, -0.15) is 8.42 Å². The van der Waals surface area contributed by atoms with Crippen LogP contribution in [0.2, 0.25) is 0 Å². The maximum atomic E-state index is 9.79. The molecule has 0 unspecified atom stereocenters. The predicted molar refractivity (Wildman–Crippen MR) is 118 cm³/mol. The molecular weight excluding hydrogens is 370 g/mol. The van der Waals surface area contributed by atoms with E-state index in [2.05, 4.69) is 97.9 Å². The zero-order chi connectivity index (χ0) is 20.5. The lowest BCUT2D eigenvalue weighted by Gasteiger charge is -2.36. The number of rotatable bonds is 6. The third kappa shape index (κ3) is 5.52. The molecule has 0 fully saturated rings. The fourth-order valence-electron chi connectivity index (χ4n) is 3.30. The lowest BCUT2D eigenvalue weighted by Crippen LogP contribution is -2.38. The Morgan fingerprint density at radius 1 is 0.679 bits per heavy atom. The smallest absolute Gasteiger partial charge is 0.264 e. The van der Waals surface area contributed by atoms with Crippen molar-refractivity contribution >= 4 is 27.2 Å². The van der Waals surface area contributed by atoms with Crippen LogP contribution < -0.4 is 4.48 Å². The second-order valence-corrected chi connectivity index (χ2v) is 7.99. The van der Waals surface area contributed by atoms with Crippen molar-refractivity contribution in [2.24, 2.45) is 0 Å². The Kier molecular flexibility index (Phi) is 7.93. The van der Waals surface area contributed by atoms with Gasteiger partial charge in [-0.25, -0.2) is 4.48 Å².